The summed E-state index contributed by atoms with van der Waals surface area (Å²) in [6, 6.07) is 0. The Labute approximate surface area is 517 Å². The van der Waals surface area contributed by atoms with Gasteiger partial charge in [-0.05, 0) is 37.5 Å². The number of ether oxygens (including phenoxy) is 4. The molecule has 0 aliphatic carbocycles. The number of aliphatic hydroxyl groups excluding tert-OH is 1. The second-order valence-electron chi connectivity index (χ2n) is 24.8. The fourth-order valence-corrected chi connectivity index (χ4v) is 11.5. The van der Waals surface area contributed by atoms with Gasteiger partial charge >= 0.3 is 39.5 Å². The normalized spacial score (nSPS) is 14.2. The molecule has 19 heteroatoms. The van der Waals surface area contributed by atoms with Crippen molar-refractivity contribution in [2.75, 3.05) is 39.6 Å². The molecule has 504 valence electrons. The van der Waals surface area contributed by atoms with Crippen LogP contribution in [-0.4, -0.2) is 96.7 Å². The third-order valence-corrected chi connectivity index (χ3v) is 17.1. The molecule has 0 saturated heterocycles. The third-order valence-electron chi connectivity index (χ3n) is 15.2. The Hall–Kier alpha value is -1.94. The molecular weight excluding hydrogens is 1130 g/mol. The van der Waals surface area contributed by atoms with E-state index in [1.165, 1.54) is 141 Å². The molecule has 5 atom stereocenters. The van der Waals surface area contributed by atoms with Crippen molar-refractivity contribution in [1.82, 2.24) is 0 Å². The van der Waals surface area contributed by atoms with E-state index in [2.05, 4.69) is 41.5 Å². The molecule has 3 N–H and O–H groups in total. The Morgan fingerprint density at radius 2 is 0.541 bits per heavy atom. The maximum Gasteiger partial charge on any atom is 0.472 e. The van der Waals surface area contributed by atoms with Crippen LogP contribution in [-0.2, 0) is 65.4 Å². The van der Waals surface area contributed by atoms with E-state index in [0.29, 0.717) is 31.6 Å². The van der Waals surface area contributed by atoms with Gasteiger partial charge in [0, 0.05) is 25.7 Å². The lowest BCUT2D eigenvalue weighted by Gasteiger charge is -2.21. The fraction of sp³-hybridized carbons (Fsp3) is 0.939. The van der Waals surface area contributed by atoms with Gasteiger partial charge < -0.3 is 33.8 Å². The monoisotopic (exact) mass is 1250 g/mol. The molecule has 0 radical (unpaired) electrons. The van der Waals surface area contributed by atoms with Crippen LogP contribution in [0.2, 0.25) is 0 Å². The highest BCUT2D eigenvalue weighted by molar-refractivity contribution is 7.47. The van der Waals surface area contributed by atoms with Gasteiger partial charge in [0.1, 0.15) is 19.3 Å². The van der Waals surface area contributed by atoms with E-state index in [9.17, 15) is 43.2 Å². The lowest BCUT2D eigenvalue weighted by molar-refractivity contribution is -0.161. The second kappa shape index (κ2) is 58.4. The molecule has 0 aromatic carbocycles. The Morgan fingerprint density at radius 1 is 0.318 bits per heavy atom. The lowest BCUT2D eigenvalue weighted by Crippen LogP contribution is -2.30. The van der Waals surface area contributed by atoms with Crippen LogP contribution >= 0.6 is 15.6 Å². The van der Waals surface area contributed by atoms with Crippen molar-refractivity contribution >= 4 is 39.5 Å². The van der Waals surface area contributed by atoms with Crippen molar-refractivity contribution in [3.05, 3.63) is 0 Å². The molecule has 17 nitrogen and oxygen atoms in total. The van der Waals surface area contributed by atoms with Crippen LogP contribution < -0.4 is 0 Å². The van der Waals surface area contributed by atoms with Crippen molar-refractivity contribution in [2.24, 2.45) is 11.8 Å². The van der Waals surface area contributed by atoms with Gasteiger partial charge in [0.05, 0.1) is 26.4 Å². The van der Waals surface area contributed by atoms with E-state index in [1.807, 2.05) is 0 Å². The predicted octanol–water partition coefficient (Wildman–Crippen LogP) is 18.4. The summed E-state index contributed by atoms with van der Waals surface area (Å²) in [5.74, 6) is -0.689. The zero-order valence-electron chi connectivity index (χ0n) is 54.9. The van der Waals surface area contributed by atoms with E-state index in [0.717, 1.165) is 102 Å². The van der Waals surface area contributed by atoms with Crippen LogP contribution in [0.25, 0.3) is 0 Å². The molecule has 0 bridgehead atoms. The van der Waals surface area contributed by atoms with Gasteiger partial charge in [-0.25, -0.2) is 9.13 Å². The number of phosphoric acid groups is 2. The first kappa shape index (κ1) is 83.1. The number of esters is 4. The van der Waals surface area contributed by atoms with Crippen molar-refractivity contribution in [2.45, 2.75) is 349 Å². The summed E-state index contributed by atoms with van der Waals surface area (Å²) >= 11 is 0. The largest absolute Gasteiger partial charge is 0.472 e. The molecule has 0 rings (SSSR count). The van der Waals surface area contributed by atoms with Gasteiger partial charge in [-0.3, -0.25) is 37.3 Å². The Kier molecular flexibility index (Phi) is 57.1. The second-order valence-corrected chi connectivity index (χ2v) is 27.7. The SMILES string of the molecule is CCCCCCCCCCCCCCCC(=O)OC[C@H](COP(=O)(O)OC[C@@H](O)COP(=O)(O)OC[C@@H](COC(=O)CCCCCCCCCC)OC(=O)CCCCCCCCC(C)C)OC(=O)CCCCCCCCCCCCCCC(C)C. The zero-order chi connectivity index (χ0) is 62.9. The van der Waals surface area contributed by atoms with E-state index < -0.39 is 97.5 Å². The van der Waals surface area contributed by atoms with Crippen LogP contribution in [0.15, 0.2) is 0 Å². The zero-order valence-corrected chi connectivity index (χ0v) is 56.7. The smallest absolute Gasteiger partial charge is 0.462 e. The Bertz CT molecular complexity index is 1670. The molecule has 0 heterocycles. The Balaban J connectivity index is 5.22. The van der Waals surface area contributed by atoms with Crippen LogP contribution in [0, 0.1) is 11.8 Å². The fourth-order valence-electron chi connectivity index (χ4n) is 9.88. The summed E-state index contributed by atoms with van der Waals surface area (Å²) in [4.78, 5) is 72.2. The van der Waals surface area contributed by atoms with Crippen molar-refractivity contribution < 1.29 is 80.2 Å². The number of rotatable bonds is 65. The molecule has 0 spiro atoms. The number of aliphatic hydroxyl groups is 1. The number of hydrogen-bond donors (Lipinski definition) is 3. The molecule has 0 aliphatic heterocycles. The molecule has 85 heavy (non-hydrogen) atoms. The number of phosphoric ester groups is 2. The summed E-state index contributed by atoms with van der Waals surface area (Å²) in [5, 5.41) is 10.5. The minimum Gasteiger partial charge on any atom is -0.462 e. The summed E-state index contributed by atoms with van der Waals surface area (Å²) in [5.41, 5.74) is 0. The van der Waals surface area contributed by atoms with Crippen molar-refractivity contribution in [3.63, 3.8) is 0 Å². The minimum absolute atomic E-state index is 0.102. The number of carbonyl (C=O) groups excluding carboxylic acids is 4. The van der Waals surface area contributed by atoms with Crippen LogP contribution in [0.1, 0.15) is 330 Å². The minimum atomic E-state index is -4.95. The molecule has 0 fully saturated rings. The number of hydrogen-bond acceptors (Lipinski definition) is 15. The van der Waals surface area contributed by atoms with Gasteiger partial charge in [-0.2, -0.15) is 0 Å². The third kappa shape index (κ3) is 60.7. The highest BCUT2D eigenvalue weighted by Crippen LogP contribution is 2.45. The standard InChI is InChI=1S/C66H128O17P2/c1-7-9-11-13-15-17-18-19-23-26-30-37-43-49-64(69)77-54-61(82-65(70)50-44-38-31-27-24-21-20-22-25-28-34-40-46-58(3)4)56-80-84(72,73)78-52-60(67)53-79-85(74,75)81-57-62(55-76-63(68)48-42-36-29-16-14-12-10-8-2)83-66(71)51-45-39-33-32-35-41-47-59(5)6/h58-62,67H,7-57H2,1-6H3,(H,72,73)(H,74,75)/t60-,61-,62-/m1/s1. The van der Waals surface area contributed by atoms with Gasteiger partial charge in [-0.1, -0.05) is 279 Å². The predicted molar refractivity (Wildman–Crippen MR) is 340 cm³/mol. The maximum absolute atomic E-state index is 13.0. The molecule has 0 amide bonds. The van der Waals surface area contributed by atoms with E-state index in [-0.39, 0.29) is 25.7 Å². The van der Waals surface area contributed by atoms with E-state index in [4.69, 9.17) is 37.0 Å². The van der Waals surface area contributed by atoms with Gasteiger partial charge in [-0.15, -0.1) is 0 Å². The first-order chi connectivity index (χ1) is 40.9. The summed E-state index contributed by atoms with van der Waals surface area (Å²) in [6.07, 6.45) is 41.8. The molecular formula is C66H128O17P2. The van der Waals surface area contributed by atoms with E-state index >= 15 is 0 Å². The lowest BCUT2D eigenvalue weighted by atomic mass is 10.0. The van der Waals surface area contributed by atoms with E-state index in [1.54, 1.807) is 0 Å². The highest BCUT2D eigenvalue weighted by atomic mass is 31.2. The quantitative estimate of drug-likeness (QED) is 0.0222. The maximum atomic E-state index is 13.0. The average molecular weight is 1260 g/mol. The highest BCUT2D eigenvalue weighted by Gasteiger charge is 2.30. The summed E-state index contributed by atoms with van der Waals surface area (Å²) < 4.78 is 68.0. The van der Waals surface area contributed by atoms with Crippen LogP contribution in [0.4, 0.5) is 0 Å². The Morgan fingerprint density at radius 3 is 0.800 bits per heavy atom. The summed E-state index contributed by atoms with van der Waals surface area (Å²) in [7, 11) is -9.89. The van der Waals surface area contributed by atoms with Gasteiger partial charge in [0.2, 0.25) is 0 Å². The summed E-state index contributed by atoms with van der Waals surface area (Å²) in [6.45, 7) is 9.41. The first-order valence-corrected chi connectivity index (χ1v) is 37.5. The molecule has 2 unspecified atom stereocenters. The van der Waals surface area contributed by atoms with Crippen LogP contribution in [0.3, 0.4) is 0 Å². The number of unbranched alkanes of at least 4 members (excludes halogenated alkanes) is 35. The van der Waals surface area contributed by atoms with Gasteiger partial charge in [0.15, 0.2) is 12.2 Å². The molecule has 0 aromatic heterocycles. The topological polar surface area (TPSA) is 237 Å². The molecule has 0 saturated carbocycles. The molecule has 0 aliphatic rings. The van der Waals surface area contributed by atoms with Crippen molar-refractivity contribution in [1.29, 1.82) is 0 Å². The number of carbonyl (C=O) groups is 4. The average Bonchev–Trinajstić information content (AvgIpc) is 3.48. The molecule has 0 aromatic rings. The van der Waals surface area contributed by atoms with Gasteiger partial charge in [0.25, 0.3) is 0 Å². The first-order valence-electron chi connectivity index (χ1n) is 34.5. The van der Waals surface area contributed by atoms with Crippen LogP contribution in [0.5, 0.6) is 0 Å². The van der Waals surface area contributed by atoms with Crippen molar-refractivity contribution in [3.8, 4) is 0 Å².